The minimum absolute atomic E-state index is 0.0691. The van der Waals surface area contributed by atoms with E-state index < -0.39 is 0 Å². The van der Waals surface area contributed by atoms with Crippen molar-refractivity contribution in [3.63, 3.8) is 0 Å². The van der Waals surface area contributed by atoms with E-state index in [1.165, 1.54) is 0 Å². The van der Waals surface area contributed by atoms with E-state index in [9.17, 15) is 4.79 Å². The number of esters is 1. The molecule has 0 aromatic rings. The first kappa shape index (κ1) is 18.4. The first-order valence-electron chi connectivity index (χ1n) is 8.15. The van der Waals surface area contributed by atoms with Crippen molar-refractivity contribution in [2.45, 2.75) is 54.5 Å². The SMILES string of the molecule is CCOC(=O)C1CN(CC(C)(C)C)CCN1CC(C)(C)C. The molecule has 1 heterocycles. The van der Waals surface area contributed by atoms with E-state index in [4.69, 9.17) is 4.74 Å². The number of ether oxygens (including phenoxy) is 1. The molecule has 0 aliphatic carbocycles. The maximum absolute atomic E-state index is 12.3. The molecule has 0 saturated carbocycles. The molecule has 4 heteroatoms. The zero-order valence-corrected chi connectivity index (χ0v) is 15.0. The molecule has 124 valence electrons. The molecule has 1 fully saturated rings. The van der Waals surface area contributed by atoms with E-state index in [-0.39, 0.29) is 22.8 Å². The highest BCUT2D eigenvalue weighted by atomic mass is 16.5. The number of carbonyl (C=O) groups excluding carboxylic acids is 1. The molecule has 0 N–H and O–H groups in total. The molecule has 1 rings (SSSR count). The van der Waals surface area contributed by atoms with Crippen LogP contribution >= 0.6 is 0 Å². The second-order valence-electron chi connectivity index (χ2n) is 8.59. The molecule has 0 bridgehead atoms. The van der Waals surface area contributed by atoms with Gasteiger partial charge in [0.2, 0.25) is 0 Å². The summed E-state index contributed by atoms with van der Waals surface area (Å²) in [5, 5.41) is 0. The van der Waals surface area contributed by atoms with Crippen molar-refractivity contribution in [2.75, 3.05) is 39.3 Å². The van der Waals surface area contributed by atoms with Crippen molar-refractivity contribution >= 4 is 5.97 Å². The van der Waals surface area contributed by atoms with Gasteiger partial charge in [-0.05, 0) is 17.8 Å². The van der Waals surface area contributed by atoms with E-state index in [0.29, 0.717) is 6.61 Å². The van der Waals surface area contributed by atoms with Gasteiger partial charge in [0.1, 0.15) is 6.04 Å². The van der Waals surface area contributed by atoms with Crippen LogP contribution in [0.1, 0.15) is 48.5 Å². The standard InChI is InChI=1S/C17H34N2O2/c1-8-21-15(20)14-11-18(12-16(2,3)4)9-10-19(14)13-17(5,6)7/h14H,8-13H2,1-7H3. The smallest absolute Gasteiger partial charge is 0.324 e. The van der Waals surface area contributed by atoms with Gasteiger partial charge in [0.15, 0.2) is 0 Å². The number of piperazine rings is 1. The lowest BCUT2D eigenvalue weighted by Gasteiger charge is -2.44. The maximum Gasteiger partial charge on any atom is 0.324 e. The predicted octanol–water partition coefficient (Wildman–Crippen LogP) is 2.63. The molecule has 1 atom stereocenters. The Morgan fingerprint density at radius 2 is 1.62 bits per heavy atom. The van der Waals surface area contributed by atoms with Crippen molar-refractivity contribution in [1.82, 2.24) is 9.80 Å². The number of carbonyl (C=O) groups is 1. The topological polar surface area (TPSA) is 32.8 Å². The highest BCUT2D eigenvalue weighted by Gasteiger charge is 2.36. The second kappa shape index (κ2) is 7.10. The average molecular weight is 298 g/mol. The number of hydrogen-bond donors (Lipinski definition) is 0. The predicted molar refractivity (Wildman–Crippen MR) is 87.3 cm³/mol. The van der Waals surface area contributed by atoms with Crippen molar-refractivity contribution in [2.24, 2.45) is 10.8 Å². The van der Waals surface area contributed by atoms with Gasteiger partial charge in [0.05, 0.1) is 6.61 Å². The van der Waals surface area contributed by atoms with Gasteiger partial charge < -0.3 is 4.74 Å². The van der Waals surface area contributed by atoms with Crippen molar-refractivity contribution in [3.05, 3.63) is 0 Å². The van der Waals surface area contributed by atoms with Crippen LogP contribution in [0.2, 0.25) is 0 Å². The fourth-order valence-electron chi connectivity index (χ4n) is 2.95. The van der Waals surface area contributed by atoms with Crippen molar-refractivity contribution < 1.29 is 9.53 Å². The molecule has 0 aromatic heterocycles. The Morgan fingerprint density at radius 1 is 1.05 bits per heavy atom. The van der Waals surface area contributed by atoms with Gasteiger partial charge in [-0.3, -0.25) is 14.6 Å². The molecule has 0 aromatic carbocycles. The normalized spacial score (nSPS) is 22.3. The summed E-state index contributed by atoms with van der Waals surface area (Å²) in [4.78, 5) is 17.0. The molecular formula is C17H34N2O2. The number of rotatable bonds is 4. The van der Waals surface area contributed by atoms with Gasteiger partial charge in [-0.15, -0.1) is 0 Å². The molecule has 0 amide bonds. The summed E-state index contributed by atoms with van der Waals surface area (Å²) in [6.45, 7) is 20.4. The van der Waals surface area contributed by atoms with Gasteiger partial charge in [0, 0.05) is 32.7 Å². The van der Waals surface area contributed by atoms with E-state index in [2.05, 4.69) is 51.3 Å². The average Bonchev–Trinajstić information content (AvgIpc) is 2.27. The van der Waals surface area contributed by atoms with E-state index >= 15 is 0 Å². The van der Waals surface area contributed by atoms with Crippen LogP contribution in [-0.4, -0.2) is 61.1 Å². The third-order valence-corrected chi connectivity index (χ3v) is 3.51. The van der Waals surface area contributed by atoms with Gasteiger partial charge in [-0.2, -0.15) is 0 Å². The summed E-state index contributed by atoms with van der Waals surface area (Å²) >= 11 is 0. The highest BCUT2D eigenvalue weighted by molar-refractivity contribution is 5.76. The quantitative estimate of drug-likeness (QED) is 0.747. The largest absolute Gasteiger partial charge is 0.465 e. The van der Waals surface area contributed by atoms with Crippen LogP contribution < -0.4 is 0 Å². The maximum atomic E-state index is 12.3. The summed E-state index contributed by atoms with van der Waals surface area (Å²) in [6, 6.07) is -0.125. The lowest BCUT2D eigenvalue weighted by atomic mass is 9.93. The monoisotopic (exact) mass is 298 g/mol. The van der Waals surface area contributed by atoms with Crippen LogP contribution in [-0.2, 0) is 9.53 Å². The van der Waals surface area contributed by atoms with E-state index in [1.807, 2.05) is 6.92 Å². The fraction of sp³-hybridized carbons (Fsp3) is 0.941. The summed E-state index contributed by atoms with van der Waals surface area (Å²) in [7, 11) is 0. The highest BCUT2D eigenvalue weighted by Crippen LogP contribution is 2.23. The van der Waals surface area contributed by atoms with Crippen LogP contribution in [0.25, 0.3) is 0 Å². The zero-order valence-electron chi connectivity index (χ0n) is 15.0. The zero-order chi connectivity index (χ0) is 16.3. The van der Waals surface area contributed by atoms with E-state index in [0.717, 1.165) is 32.7 Å². The molecule has 1 aliphatic rings. The first-order valence-corrected chi connectivity index (χ1v) is 8.15. The number of nitrogens with zero attached hydrogens (tertiary/aromatic N) is 2. The Kier molecular flexibility index (Phi) is 6.23. The van der Waals surface area contributed by atoms with E-state index in [1.54, 1.807) is 0 Å². The lowest BCUT2D eigenvalue weighted by molar-refractivity contribution is -0.153. The second-order valence-corrected chi connectivity index (χ2v) is 8.59. The fourth-order valence-corrected chi connectivity index (χ4v) is 2.95. The molecule has 1 aliphatic heterocycles. The van der Waals surface area contributed by atoms with Crippen LogP contribution in [0.4, 0.5) is 0 Å². The minimum atomic E-state index is -0.125. The number of hydrogen-bond acceptors (Lipinski definition) is 4. The Hall–Kier alpha value is -0.610. The minimum Gasteiger partial charge on any atom is -0.465 e. The van der Waals surface area contributed by atoms with Crippen molar-refractivity contribution in [1.29, 1.82) is 0 Å². The molecule has 0 radical (unpaired) electrons. The van der Waals surface area contributed by atoms with Crippen LogP contribution in [0.15, 0.2) is 0 Å². The third kappa shape index (κ3) is 6.79. The summed E-state index contributed by atoms with van der Waals surface area (Å²) in [6.07, 6.45) is 0. The van der Waals surface area contributed by atoms with Gasteiger partial charge >= 0.3 is 5.97 Å². The molecule has 1 unspecified atom stereocenters. The van der Waals surface area contributed by atoms with Gasteiger partial charge in [-0.1, -0.05) is 41.5 Å². The Morgan fingerprint density at radius 3 is 2.10 bits per heavy atom. The van der Waals surface area contributed by atoms with Crippen LogP contribution in [0.5, 0.6) is 0 Å². The van der Waals surface area contributed by atoms with Crippen LogP contribution in [0.3, 0.4) is 0 Å². The molecule has 0 spiro atoms. The summed E-state index contributed by atoms with van der Waals surface area (Å²) in [5.41, 5.74) is 0.447. The third-order valence-electron chi connectivity index (χ3n) is 3.51. The molecule has 1 saturated heterocycles. The Labute approximate surface area is 130 Å². The lowest BCUT2D eigenvalue weighted by Crippen LogP contribution is -2.59. The Bertz CT molecular complexity index is 342. The van der Waals surface area contributed by atoms with Crippen molar-refractivity contribution in [3.8, 4) is 0 Å². The van der Waals surface area contributed by atoms with Crippen LogP contribution in [0, 0.1) is 10.8 Å². The van der Waals surface area contributed by atoms with Gasteiger partial charge in [-0.25, -0.2) is 0 Å². The molecular weight excluding hydrogens is 264 g/mol. The van der Waals surface area contributed by atoms with Gasteiger partial charge in [0.25, 0.3) is 0 Å². The summed E-state index contributed by atoms with van der Waals surface area (Å²) < 4.78 is 5.30. The molecule has 4 nitrogen and oxygen atoms in total. The summed E-state index contributed by atoms with van der Waals surface area (Å²) in [5.74, 6) is -0.0691. The Balaban J connectivity index is 2.76. The first-order chi connectivity index (χ1) is 9.52. The molecule has 21 heavy (non-hydrogen) atoms.